The van der Waals surface area contributed by atoms with Gasteiger partial charge < -0.3 is 25.0 Å². The van der Waals surface area contributed by atoms with E-state index in [2.05, 4.69) is 10.6 Å². The van der Waals surface area contributed by atoms with E-state index in [4.69, 9.17) is 9.47 Å². The number of nitrogens with one attached hydrogen (secondary N) is 2. The van der Waals surface area contributed by atoms with Gasteiger partial charge in [0.15, 0.2) is 0 Å². The van der Waals surface area contributed by atoms with Gasteiger partial charge in [0.1, 0.15) is 11.3 Å². The molecule has 2 amide bonds. The molecule has 176 valence electrons. The minimum absolute atomic E-state index is 0.154. The number of carbonyl (C=O) groups is 3. The number of rotatable bonds is 10. The number of hydrogen-bond acceptors (Lipinski definition) is 6. The van der Waals surface area contributed by atoms with Crippen molar-refractivity contribution in [2.75, 3.05) is 43.3 Å². The molecule has 0 heterocycles. The first-order valence-electron chi connectivity index (χ1n) is 10.7. The lowest BCUT2D eigenvalue weighted by atomic mass is 10.1. The van der Waals surface area contributed by atoms with Crippen LogP contribution in [0.4, 0.5) is 17.1 Å². The molecule has 2 N–H and O–H groups in total. The van der Waals surface area contributed by atoms with Gasteiger partial charge in [-0.05, 0) is 36.3 Å². The van der Waals surface area contributed by atoms with Crippen molar-refractivity contribution >= 4 is 40.9 Å². The zero-order valence-corrected chi connectivity index (χ0v) is 19.7. The fourth-order valence-electron chi connectivity index (χ4n) is 2.92. The van der Waals surface area contributed by atoms with Crippen LogP contribution in [0.15, 0.2) is 42.5 Å². The van der Waals surface area contributed by atoms with E-state index in [1.54, 1.807) is 6.08 Å². The minimum atomic E-state index is -0.608. The summed E-state index contributed by atoms with van der Waals surface area (Å²) in [7, 11) is 5.17. The van der Waals surface area contributed by atoms with Crippen LogP contribution in [0, 0.1) is 0 Å². The van der Waals surface area contributed by atoms with E-state index in [1.165, 1.54) is 32.2 Å². The standard InChI is InChI=1S/C25H31N3O5/c1-6-7-14-33-23-16-22(26-17(2)29)21(15-20(23)25(31)32-5)27-24(30)13-10-18-8-11-19(12-9-18)28(3)4/h8-13,15-16H,6-7,14H2,1-5H3,(H,26,29)(H,27,30). The summed E-state index contributed by atoms with van der Waals surface area (Å²) in [5, 5.41) is 5.39. The summed E-state index contributed by atoms with van der Waals surface area (Å²) in [5.41, 5.74) is 2.63. The summed E-state index contributed by atoms with van der Waals surface area (Å²) in [4.78, 5) is 38.6. The smallest absolute Gasteiger partial charge is 0.341 e. The second-order valence-corrected chi connectivity index (χ2v) is 7.58. The zero-order chi connectivity index (χ0) is 24.4. The Balaban J connectivity index is 2.30. The number of carbonyl (C=O) groups excluding carboxylic acids is 3. The number of nitrogens with zero attached hydrogens (tertiary/aromatic N) is 1. The monoisotopic (exact) mass is 453 g/mol. The van der Waals surface area contributed by atoms with Gasteiger partial charge in [0, 0.05) is 38.8 Å². The Morgan fingerprint density at radius 1 is 1.03 bits per heavy atom. The van der Waals surface area contributed by atoms with E-state index in [-0.39, 0.29) is 22.9 Å². The first-order valence-corrected chi connectivity index (χ1v) is 10.7. The largest absolute Gasteiger partial charge is 0.493 e. The zero-order valence-electron chi connectivity index (χ0n) is 19.7. The van der Waals surface area contributed by atoms with E-state index >= 15 is 0 Å². The summed E-state index contributed by atoms with van der Waals surface area (Å²) in [6, 6.07) is 10.7. The Bertz CT molecular complexity index is 1010. The van der Waals surface area contributed by atoms with E-state index in [1.807, 2.05) is 50.2 Å². The van der Waals surface area contributed by atoms with Crippen molar-refractivity contribution in [2.24, 2.45) is 0 Å². The van der Waals surface area contributed by atoms with Gasteiger partial charge in [-0.2, -0.15) is 0 Å². The van der Waals surface area contributed by atoms with Crippen LogP contribution < -0.4 is 20.3 Å². The van der Waals surface area contributed by atoms with Gasteiger partial charge in [0.05, 0.1) is 25.1 Å². The van der Waals surface area contributed by atoms with Crippen molar-refractivity contribution in [2.45, 2.75) is 26.7 Å². The molecule has 0 aliphatic rings. The van der Waals surface area contributed by atoms with Crippen molar-refractivity contribution in [1.29, 1.82) is 0 Å². The minimum Gasteiger partial charge on any atom is -0.493 e. The molecular weight excluding hydrogens is 422 g/mol. The number of methoxy groups -OCH3 is 1. The second-order valence-electron chi connectivity index (χ2n) is 7.58. The molecule has 8 heteroatoms. The van der Waals surface area contributed by atoms with Crippen LogP contribution >= 0.6 is 0 Å². The Morgan fingerprint density at radius 2 is 1.70 bits per heavy atom. The van der Waals surface area contributed by atoms with E-state index in [0.29, 0.717) is 12.3 Å². The molecule has 33 heavy (non-hydrogen) atoms. The third-order valence-electron chi connectivity index (χ3n) is 4.69. The number of unbranched alkanes of at least 4 members (excludes halogenated alkanes) is 1. The van der Waals surface area contributed by atoms with Gasteiger partial charge in [0.25, 0.3) is 0 Å². The Labute approximate surface area is 194 Å². The molecule has 0 aliphatic heterocycles. The first kappa shape index (κ1) is 25.5. The molecule has 0 unspecified atom stereocenters. The number of anilines is 3. The maximum atomic E-state index is 12.6. The van der Waals surface area contributed by atoms with Gasteiger partial charge in [-0.25, -0.2) is 4.79 Å². The molecule has 0 saturated heterocycles. The lowest BCUT2D eigenvalue weighted by Gasteiger charge is -2.16. The normalized spacial score (nSPS) is 10.6. The molecule has 0 fully saturated rings. The third-order valence-corrected chi connectivity index (χ3v) is 4.69. The van der Waals surface area contributed by atoms with Crippen molar-refractivity contribution in [3.63, 3.8) is 0 Å². The van der Waals surface area contributed by atoms with Crippen molar-refractivity contribution in [1.82, 2.24) is 0 Å². The second kappa shape index (κ2) is 12.3. The van der Waals surface area contributed by atoms with Crippen LogP contribution in [0.2, 0.25) is 0 Å². The molecule has 0 aromatic heterocycles. The lowest BCUT2D eigenvalue weighted by Crippen LogP contribution is -2.15. The number of ether oxygens (including phenoxy) is 2. The molecule has 0 spiro atoms. The number of hydrogen-bond donors (Lipinski definition) is 2. The summed E-state index contributed by atoms with van der Waals surface area (Å²) in [6.07, 6.45) is 4.78. The molecular formula is C25H31N3O5. The van der Waals surface area contributed by atoms with Crippen LogP contribution in [-0.2, 0) is 14.3 Å². The fraction of sp³-hybridized carbons (Fsp3) is 0.320. The highest BCUT2D eigenvalue weighted by atomic mass is 16.5. The van der Waals surface area contributed by atoms with Gasteiger partial charge >= 0.3 is 5.97 Å². The van der Waals surface area contributed by atoms with Crippen LogP contribution in [0.5, 0.6) is 5.75 Å². The van der Waals surface area contributed by atoms with Crippen LogP contribution in [0.1, 0.15) is 42.6 Å². The topological polar surface area (TPSA) is 97.0 Å². The third kappa shape index (κ3) is 7.68. The van der Waals surface area contributed by atoms with Gasteiger partial charge in [-0.1, -0.05) is 25.5 Å². The predicted octanol–water partition coefficient (Wildman–Crippen LogP) is 4.33. The molecule has 2 aromatic rings. The molecule has 2 rings (SSSR count). The molecule has 0 aliphatic carbocycles. The quantitative estimate of drug-likeness (QED) is 0.316. The number of esters is 1. The fourth-order valence-corrected chi connectivity index (χ4v) is 2.92. The van der Waals surface area contributed by atoms with Crippen molar-refractivity contribution in [3.05, 3.63) is 53.6 Å². The van der Waals surface area contributed by atoms with Crippen LogP contribution in [0.25, 0.3) is 6.08 Å². The Morgan fingerprint density at radius 3 is 2.27 bits per heavy atom. The summed E-state index contributed by atoms with van der Waals surface area (Å²) < 4.78 is 10.6. The van der Waals surface area contributed by atoms with Gasteiger partial charge in [0.2, 0.25) is 11.8 Å². The molecule has 0 radical (unpaired) electrons. The first-order chi connectivity index (χ1) is 15.7. The molecule has 2 aromatic carbocycles. The average Bonchev–Trinajstić information content (AvgIpc) is 2.78. The highest BCUT2D eigenvalue weighted by molar-refractivity contribution is 6.07. The average molecular weight is 454 g/mol. The van der Waals surface area contributed by atoms with Crippen molar-refractivity contribution < 1.29 is 23.9 Å². The van der Waals surface area contributed by atoms with Gasteiger partial charge in [-0.3, -0.25) is 9.59 Å². The van der Waals surface area contributed by atoms with Crippen molar-refractivity contribution in [3.8, 4) is 5.75 Å². The number of benzene rings is 2. The molecule has 8 nitrogen and oxygen atoms in total. The predicted molar refractivity (Wildman–Crippen MR) is 131 cm³/mol. The maximum absolute atomic E-state index is 12.6. The highest BCUT2D eigenvalue weighted by Crippen LogP contribution is 2.32. The molecule has 0 saturated carbocycles. The SMILES string of the molecule is CCCCOc1cc(NC(C)=O)c(NC(=O)C=Cc2ccc(N(C)C)cc2)cc1C(=O)OC. The molecule has 0 bridgehead atoms. The van der Waals surface area contributed by atoms with E-state index < -0.39 is 11.9 Å². The van der Waals surface area contributed by atoms with E-state index in [0.717, 1.165) is 24.1 Å². The Kier molecular flexibility index (Phi) is 9.47. The van der Waals surface area contributed by atoms with E-state index in [9.17, 15) is 14.4 Å². The van der Waals surface area contributed by atoms with Gasteiger partial charge in [-0.15, -0.1) is 0 Å². The highest BCUT2D eigenvalue weighted by Gasteiger charge is 2.19. The Hall–Kier alpha value is -3.81. The lowest BCUT2D eigenvalue weighted by molar-refractivity contribution is -0.114. The summed E-state index contributed by atoms with van der Waals surface area (Å²) >= 11 is 0. The summed E-state index contributed by atoms with van der Waals surface area (Å²) in [5.74, 6) is -1.09. The summed E-state index contributed by atoms with van der Waals surface area (Å²) in [6.45, 7) is 3.78. The maximum Gasteiger partial charge on any atom is 0.341 e. The van der Waals surface area contributed by atoms with Crippen LogP contribution in [0.3, 0.4) is 0 Å². The molecule has 0 atom stereocenters. The number of amides is 2. The van der Waals surface area contributed by atoms with Crippen LogP contribution in [-0.4, -0.2) is 45.6 Å².